The minimum atomic E-state index is -0.623. The summed E-state index contributed by atoms with van der Waals surface area (Å²) in [5.41, 5.74) is 3.05. The highest BCUT2D eigenvalue weighted by Gasteiger charge is 2.34. The van der Waals surface area contributed by atoms with Gasteiger partial charge < -0.3 is 19.5 Å². The maximum Gasteiger partial charge on any atom is 0.138 e. The molecule has 1 unspecified atom stereocenters. The second kappa shape index (κ2) is 4.35. The van der Waals surface area contributed by atoms with Crippen LogP contribution in [0.25, 0.3) is 11.0 Å². The summed E-state index contributed by atoms with van der Waals surface area (Å²) in [6, 6.07) is 5.97. The lowest BCUT2D eigenvalue weighted by Gasteiger charge is -2.14. The van der Waals surface area contributed by atoms with E-state index in [-0.39, 0.29) is 12.8 Å². The first-order chi connectivity index (χ1) is 8.70. The van der Waals surface area contributed by atoms with Crippen LogP contribution < -0.4 is 0 Å². The second-order valence-electron chi connectivity index (χ2n) is 4.71. The van der Waals surface area contributed by atoms with Crippen molar-refractivity contribution in [3.8, 4) is 0 Å². The van der Waals surface area contributed by atoms with Gasteiger partial charge in [-0.1, -0.05) is 12.1 Å². The predicted molar refractivity (Wildman–Crippen MR) is 66.1 cm³/mol. The Kier molecular flexibility index (Phi) is 2.81. The lowest BCUT2D eigenvalue weighted by molar-refractivity contribution is -0.0430. The van der Waals surface area contributed by atoms with Crippen molar-refractivity contribution in [3.63, 3.8) is 0 Å². The SMILES string of the molecule is Cc1cccc2c1ncn2[C@H]1C[C@@H](O)C(CO)O1. The monoisotopic (exact) mass is 248 g/mol. The molecule has 1 saturated heterocycles. The Morgan fingerprint density at radius 2 is 2.33 bits per heavy atom. The zero-order valence-corrected chi connectivity index (χ0v) is 10.2. The molecule has 0 spiro atoms. The smallest absolute Gasteiger partial charge is 0.138 e. The maximum absolute atomic E-state index is 9.77. The molecule has 0 saturated carbocycles. The predicted octanol–water partition coefficient (Wildman–Crippen LogP) is 0.985. The first kappa shape index (κ1) is 11.6. The van der Waals surface area contributed by atoms with Crippen LogP contribution in [0, 0.1) is 6.92 Å². The summed E-state index contributed by atoms with van der Waals surface area (Å²) < 4.78 is 7.56. The van der Waals surface area contributed by atoms with Gasteiger partial charge in [-0.25, -0.2) is 4.98 Å². The van der Waals surface area contributed by atoms with E-state index in [0.717, 1.165) is 16.6 Å². The summed E-state index contributed by atoms with van der Waals surface area (Å²) in [5, 5.41) is 18.9. The number of rotatable bonds is 2. The molecule has 96 valence electrons. The largest absolute Gasteiger partial charge is 0.394 e. The molecule has 18 heavy (non-hydrogen) atoms. The molecule has 1 fully saturated rings. The molecule has 3 rings (SSSR count). The highest BCUT2D eigenvalue weighted by Crippen LogP contribution is 2.31. The number of imidazole rings is 1. The number of fused-ring (bicyclic) bond motifs is 1. The first-order valence-electron chi connectivity index (χ1n) is 6.07. The Morgan fingerprint density at radius 1 is 1.50 bits per heavy atom. The summed E-state index contributed by atoms with van der Waals surface area (Å²) in [6.07, 6.45) is 0.822. The Bertz CT molecular complexity index is 566. The molecule has 5 nitrogen and oxygen atoms in total. The molecule has 0 amide bonds. The van der Waals surface area contributed by atoms with E-state index in [1.54, 1.807) is 6.33 Å². The second-order valence-corrected chi connectivity index (χ2v) is 4.71. The number of aliphatic hydroxyl groups is 2. The normalized spacial score (nSPS) is 28.1. The van der Waals surface area contributed by atoms with E-state index in [0.29, 0.717) is 6.42 Å². The van der Waals surface area contributed by atoms with Crippen LogP contribution in [0.5, 0.6) is 0 Å². The van der Waals surface area contributed by atoms with Crippen LogP contribution in [0.2, 0.25) is 0 Å². The van der Waals surface area contributed by atoms with Crippen LogP contribution in [0.4, 0.5) is 0 Å². The Labute approximate surface area is 105 Å². The summed E-state index contributed by atoms with van der Waals surface area (Å²) in [4.78, 5) is 4.38. The van der Waals surface area contributed by atoms with Crippen LogP contribution in [-0.2, 0) is 4.74 Å². The molecule has 0 bridgehead atoms. The van der Waals surface area contributed by atoms with Gasteiger partial charge >= 0.3 is 0 Å². The number of aryl methyl sites for hydroxylation is 1. The van der Waals surface area contributed by atoms with Crippen molar-refractivity contribution in [3.05, 3.63) is 30.1 Å². The molecule has 0 aliphatic carbocycles. The van der Waals surface area contributed by atoms with Gasteiger partial charge in [-0.3, -0.25) is 0 Å². The lowest BCUT2D eigenvalue weighted by atomic mass is 10.2. The molecule has 2 heterocycles. The van der Waals surface area contributed by atoms with Crippen molar-refractivity contribution < 1.29 is 14.9 Å². The summed E-state index contributed by atoms with van der Waals surface area (Å²) in [5.74, 6) is 0. The van der Waals surface area contributed by atoms with Crippen molar-refractivity contribution in [2.24, 2.45) is 0 Å². The number of aliphatic hydroxyl groups excluding tert-OH is 2. The van der Waals surface area contributed by atoms with Gasteiger partial charge in [0.2, 0.25) is 0 Å². The van der Waals surface area contributed by atoms with Crippen LogP contribution >= 0.6 is 0 Å². The zero-order chi connectivity index (χ0) is 12.7. The molecule has 2 aromatic rings. The fourth-order valence-corrected chi connectivity index (χ4v) is 2.48. The van der Waals surface area contributed by atoms with Gasteiger partial charge in [-0.05, 0) is 18.6 Å². The fourth-order valence-electron chi connectivity index (χ4n) is 2.48. The van der Waals surface area contributed by atoms with Gasteiger partial charge in [-0.2, -0.15) is 0 Å². The van der Waals surface area contributed by atoms with E-state index >= 15 is 0 Å². The summed E-state index contributed by atoms with van der Waals surface area (Å²) >= 11 is 0. The number of benzene rings is 1. The number of aromatic nitrogens is 2. The van der Waals surface area contributed by atoms with Gasteiger partial charge in [0.05, 0.1) is 30.1 Å². The van der Waals surface area contributed by atoms with Crippen molar-refractivity contribution in [2.45, 2.75) is 31.8 Å². The molecule has 1 aliphatic rings. The lowest BCUT2D eigenvalue weighted by Crippen LogP contribution is -2.24. The molecule has 1 aliphatic heterocycles. The topological polar surface area (TPSA) is 67.5 Å². The summed E-state index contributed by atoms with van der Waals surface area (Å²) in [6.45, 7) is 1.85. The minimum Gasteiger partial charge on any atom is -0.394 e. The number of ether oxygens (including phenoxy) is 1. The molecule has 0 radical (unpaired) electrons. The van der Waals surface area contributed by atoms with Crippen molar-refractivity contribution in [1.29, 1.82) is 0 Å². The van der Waals surface area contributed by atoms with Crippen LogP contribution in [0.3, 0.4) is 0 Å². The third kappa shape index (κ3) is 1.71. The molecule has 1 aromatic heterocycles. The van der Waals surface area contributed by atoms with Crippen molar-refractivity contribution >= 4 is 11.0 Å². The highest BCUT2D eigenvalue weighted by molar-refractivity contribution is 5.78. The van der Waals surface area contributed by atoms with E-state index in [2.05, 4.69) is 4.98 Å². The molecular weight excluding hydrogens is 232 g/mol. The van der Waals surface area contributed by atoms with E-state index in [4.69, 9.17) is 9.84 Å². The Hall–Kier alpha value is -1.43. The quantitative estimate of drug-likeness (QED) is 0.831. The van der Waals surface area contributed by atoms with Crippen LogP contribution in [0.1, 0.15) is 18.2 Å². The van der Waals surface area contributed by atoms with Crippen LogP contribution in [0.15, 0.2) is 24.5 Å². The molecule has 5 heteroatoms. The van der Waals surface area contributed by atoms with Gasteiger partial charge in [-0.15, -0.1) is 0 Å². The Morgan fingerprint density at radius 3 is 3.06 bits per heavy atom. The summed E-state index contributed by atoms with van der Waals surface area (Å²) in [7, 11) is 0. The fraction of sp³-hybridized carbons (Fsp3) is 0.462. The van der Waals surface area contributed by atoms with E-state index in [1.165, 1.54) is 0 Å². The number of hydrogen-bond donors (Lipinski definition) is 2. The van der Waals surface area contributed by atoms with Crippen LogP contribution in [-0.4, -0.2) is 38.6 Å². The van der Waals surface area contributed by atoms with Crippen molar-refractivity contribution in [2.75, 3.05) is 6.61 Å². The minimum absolute atomic E-state index is 0.163. The molecule has 3 atom stereocenters. The number of nitrogens with zero attached hydrogens (tertiary/aromatic N) is 2. The standard InChI is InChI=1S/C13H16N2O3/c1-8-3-2-4-9-13(8)14-7-15(9)12-5-10(17)11(6-16)18-12/h2-4,7,10-12,16-17H,5-6H2,1H3/t10-,11?,12-/m1/s1. The highest BCUT2D eigenvalue weighted by atomic mass is 16.5. The van der Waals surface area contributed by atoms with Crippen molar-refractivity contribution in [1.82, 2.24) is 9.55 Å². The third-order valence-corrected chi connectivity index (χ3v) is 3.50. The van der Waals surface area contributed by atoms with Gasteiger partial charge in [0, 0.05) is 6.42 Å². The van der Waals surface area contributed by atoms with E-state index in [1.807, 2.05) is 29.7 Å². The average Bonchev–Trinajstić information content (AvgIpc) is 2.93. The van der Waals surface area contributed by atoms with Gasteiger partial charge in [0.25, 0.3) is 0 Å². The Balaban J connectivity index is 1.99. The molecular formula is C13H16N2O3. The molecule has 2 N–H and O–H groups in total. The first-order valence-corrected chi connectivity index (χ1v) is 6.07. The zero-order valence-electron chi connectivity index (χ0n) is 10.2. The maximum atomic E-state index is 9.77. The van der Waals surface area contributed by atoms with E-state index < -0.39 is 12.2 Å². The number of hydrogen-bond acceptors (Lipinski definition) is 4. The van der Waals surface area contributed by atoms with Gasteiger partial charge in [0.15, 0.2) is 0 Å². The average molecular weight is 248 g/mol. The third-order valence-electron chi connectivity index (χ3n) is 3.50. The molecule has 1 aromatic carbocycles. The van der Waals surface area contributed by atoms with Gasteiger partial charge in [0.1, 0.15) is 12.3 Å². The number of para-hydroxylation sites is 1. The van der Waals surface area contributed by atoms with E-state index in [9.17, 15) is 5.11 Å².